The van der Waals surface area contributed by atoms with Gasteiger partial charge in [-0.05, 0) is 68.5 Å². The minimum Gasteiger partial charge on any atom is -0.483 e. The predicted octanol–water partition coefficient (Wildman–Crippen LogP) is 5.39. The Morgan fingerprint density at radius 2 is 1.94 bits per heavy atom. The van der Waals surface area contributed by atoms with Crippen LogP contribution in [0.25, 0.3) is 0 Å². The summed E-state index contributed by atoms with van der Waals surface area (Å²) in [4.78, 5) is 24.8. The average molecular weight is 525 g/mol. The van der Waals surface area contributed by atoms with E-state index in [-0.39, 0.29) is 41.6 Å². The monoisotopic (exact) mass is 524 g/mol. The summed E-state index contributed by atoms with van der Waals surface area (Å²) in [6, 6.07) is 0. The molecule has 8 heteroatoms. The summed E-state index contributed by atoms with van der Waals surface area (Å²) < 4.78 is 45.2. The molecule has 0 saturated heterocycles. The van der Waals surface area contributed by atoms with Gasteiger partial charge in [0.2, 0.25) is 5.05 Å². The fraction of sp³-hybridized carbons (Fsp3) is 0.750. The number of alkyl halides is 2. The Hall–Kier alpha value is -1.67. The van der Waals surface area contributed by atoms with E-state index in [4.69, 9.17) is 21.7 Å². The standard InChI is InChI=1S/C28H38F2O5S/c1-6-8-11-34-24(36)28(35-23(33)7-2)16(3)12-18-19-14-21(29)20-13-17(31)9-10-25(20,4)27(19,30)22(32)15-26(18,28)5/h9-10,13,16,18-19,21-22,32H,6-8,11-12,14-15H2,1-5H3/t16-,18+,19+,21+,22+,25+,26+,27+,28+/m1/s1. The zero-order valence-corrected chi connectivity index (χ0v) is 22.6. The number of halogens is 2. The molecule has 0 aromatic carbocycles. The molecule has 200 valence electrons. The van der Waals surface area contributed by atoms with Crippen molar-refractivity contribution in [3.63, 3.8) is 0 Å². The van der Waals surface area contributed by atoms with Gasteiger partial charge >= 0.3 is 5.97 Å². The Morgan fingerprint density at radius 1 is 1.25 bits per heavy atom. The third-order valence-corrected chi connectivity index (χ3v) is 10.2. The highest BCUT2D eigenvalue weighted by Gasteiger charge is 2.77. The van der Waals surface area contributed by atoms with Crippen molar-refractivity contribution in [2.45, 2.75) is 96.7 Å². The second-order valence-corrected chi connectivity index (χ2v) is 11.9. The molecule has 0 radical (unpaired) electrons. The summed E-state index contributed by atoms with van der Waals surface area (Å²) in [5, 5.41) is 11.7. The Balaban J connectivity index is 1.83. The molecule has 1 N–H and O–H groups in total. The van der Waals surface area contributed by atoms with Crippen LogP contribution in [0.2, 0.25) is 0 Å². The average Bonchev–Trinajstić information content (AvgIpc) is 3.04. The van der Waals surface area contributed by atoms with Gasteiger partial charge < -0.3 is 14.6 Å². The second-order valence-electron chi connectivity index (χ2n) is 11.5. The maximum atomic E-state index is 17.4. The van der Waals surface area contributed by atoms with Crippen molar-refractivity contribution in [2.24, 2.45) is 28.6 Å². The fourth-order valence-electron chi connectivity index (χ4n) is 7.89. The first-order valence-corrected chi connectivity index (χ1v) is 13.6. The number of esters is 1. The molecule has 3 saturated carbocycles. The lowest BCUT2D eigenvalue weighted by Crippen LogP contribution is -2.71. The number of hydrogen-bond acceptors (Lipinski definition) is 6. The van der Waals surface area contributed by atoms with Gasteiger partial charge in [-0.3, -0.25) is 9.59 Å². The Morgan fingerprint density at radius 3 is 2.58 bits per heavy atom. The van der Waals surface area contributed by atoms with Crippen LogP contribution in [0.15, 0.2) is 23.8 Å². The lowest BCUT2D eigenvalue weighted by atomic mass is 9.44. The molecule has 0 aromatic rings. The summed E-state index contributed by atoms with van der Waals surface area (Å²) in [7, 11) is 0. The second kappa shape index (κ2) is 9.26. The van der Waals surface area contributed by atoms with Crippen LogP contribution in [-0.2, 0) is 19.1 Å². The Kier molecular flexibility index (Phi) is 7.04. The molecule has 4 aliphatic carbocycles. The SMILES string of the molecule is CCCCOC(=S)[C@@]1(OC(=O)CC)[C@H](C)C[C@H]2[C@@H]3C[C@H](F)C4=CC(=O)C=C[C@]4(C)[C@@]3(F)[C@@H](O)C[C@@]21C. The number of carbonyl (C=O) groups is 2. The summed E-state index contributed by atoms with van der Waals surface area (Å²) >= 11 is 5.78. The highest BCUT2D eigenvalue weighted by molar-refractivity contribution is 7.80. The first-order chi connectivity index (χ1) is 16.8. The first-order valence-electron chi connectivity index (χ1n) is 13.2. The Labute approximate surface area is 217 Å². The fourth-order valence-corrected chi connectivity index (χ4v) is 8.45. The molecule has 0 aliphatic heterocycles. The van der Waals surface area contributed by atoms with E-state index in [0.29, 0.717) is 13.0 Å². The molecule has 0 unspecified atom stereocenters. The van der Waals surface area contributed by atoms with Crippen molar-refractivity contribution in [1.82, 2.24) is 0 Å². The molecule has 0 heterocycles. The number of aliphatic hydroxyl groups is 1. The normalized spacial score (nSPS) is 45.3. The molecular formula is C28H38F2O5S. The maximum Gasteiger partial charge on any atom is 0.306 e. The van der Waals surface area contributed by atoms with Gasteiger partial charge in [0, 0.05) is 29.1 Å². The minimum absolute atomic E-state index is 0.0368. The molecular weight excluding hydrogens is 486 g/mol. The van der Waals surface area contributed by atoms with Crippen LogP contribution >= 0.6 is 12.2 Å². The van der Waals surface area contributed by atoms with Gasteiger partial charge in [0.25, 0.3) is 0 Å². The molecule has 4 aliphatic rings. The number of hydrogen-bond donors (Lipinski definition) is 1. The first kappa shape index (κ1) is 27.4. The molecule has 0 spiro atoms. The van der Waals surface area contributed by atoms with E-state index < -0.39 is 52.2 Å². The van der Waals surface area contributed by atoms with Crippen LogP contribution in [0.1, 0.15) is 73.1 Å². The van der Waals surface area contributed by atoms with Gasteiger partial charge in [-0.15, -0.1) is 0 Å². The zero-order chi connectivity index (χ0) is 26.7. The third kappa shape index (κ3) is 3.49. The molecule has 0 bridgehead atoms. The highest BCUT2D eigenvalue weighted by atomic mass is 32.1. The number of fused-ring (bicyclic) bond motifs is 5. The van der Waals surface area contributed by atoms with Gasteiger partial charge in [0.05, 0.1) is 12.7 Å². The van der Waals surface area contributed by atoms with Crippen LogP contribution in [0.5, 0.6) is 0 Å². The molecule has 4 rings (SSSR count). The number of aliphatic hydroxyl groups excluding tert-OH is 1. The molecule has 0 amide bonds. The number of ketones is 1. The van der Waals surface area contributed by atoms with Crippen LogP contribution in [0, 0.1) is 28.6 Å². The van der Waals surface area contributed by atoms with Crippen molar-refractivity contribution in [1.29, 1.82) is 0 Å². The van der Waals surface area contributed by atoms with E-state index in [9.17, 15) is 14.7 Å². The van der Waals surface area contributed by atoms with Gasteiger partial charge in [-0.25, -0.2) is 8.78 Å². The summed E-state index contributed by atoms with van der Waals surface area (Å²) in [6.45, 7) is 9.46. The van der Waals surface area contributed by atoms with Crippen molar-refractivity contribution < 1.29 is 33.0 Å². The van der Waals surface area contributed by atoms with Crippen LogP contribution in [-0.4, -0.2) is 52.1 Å². The molecule has 5 nitrogen and oxygen atoms in total. The van der Waals surface area contributed by atoms with Crippen molar-refractivity contribution in [3.05, 3.63) is 23.8 Å². The minimum atomic E-state index is -2.20. The zero-order valence-electron chi connectivity index (χ0n) is 21.8. The largest absolute Gasteiger partial charge is 0.483 e. The Bertz CT molecular complexity index is 1010. The summed E-state index contributed by atoms with van der Waals surface area (Å²) in [5.41, 5.74) is -5.89. The van der Waals surface area contributed by atoms with Crippen molar-refractivity contribution in [3.8, 4) is 0 Å². The highest BCUT2D eigenvalue weighted by Crippen LogP contribution is 2.71. The van der Waals surface area contributed by atoms with Gasteiger partial charge in [-0.2, -0.15) is 0 Å². The van der Waals surface area contributed by atoms with Crippen LogP contribution in [0.4, 0.5) is 8.78 Å². The summed E-state index contributed by atoms with van der Waals surface area (Å²) in [5.74, 6) is -2.45. The van der Waals surface area contributed by atoms with Gasteiger partial charge in [0.1, 0.15) is 6.17 Å². The third-order valence-electron chi connectivity index (χ3n) is 9.77. The van der Waals surface area contributed by atoms with Crippen molar-refractivity contribution in [2.75, 3.05) is 6.61 Å². The van der Waals surface area contributed by atoms with Crippen LogP contribution < -0.4 is 0 Å². The van der Waals surface area contributed by atoms with E-state index in [0.717, 1.165) is 12.8 Å². The van der Waals surface area contributed by atoms with Gasteiger partial charge in [0.15, 0.2) is 17.1 Å². The molecule has 9 atom stereocenters. The molecule has 3 fully saturated rings. The van der Waals surface area contributed by atoms with Crippen LogP contribution in [0.3, 0.4) is 0 Å². The number of unbranched alkanes of at least 4 members (excludes halogenated alkanes) is 1. The number of allylic oxidation sites excluding steroid dienone is 4. The number of thiocarbonyl (C=S) groups is 1. The maximum absolute atomic E-state index is 17.4. The quantitative estimate of drug-likeness (QED) is 0.286. The smallest absolute Gasteiger partial charge is 0.306 e. The van der Waals surface area contributed by atoms with Gasteiger partial charge in [-0.1, -0.05) is 40.2 Å². The van der Waals surface area contributed by atoms with E-state index in [1.165, 1.54) is 18.2 Å². The number of carbonyl (C=O) groups excluding carboxylic acids is 2. The lowest BCUT2D eigenvalue weighted by Gasteiger charge is -2.63. The topological polar surface area (TPSA) is 72.8 Å². The molecule has 0 aromatic heterocycles. The lowest BCUT2D eigenvalue weighted by molar-refractivity contribution is -0.222. The summed E-state index contributed by atoms with van der Waals surface area (Å²) in [6.07, 6.45) is 2.90. The van der Waals surface area contributed by atoms with E-state index >= 15 is 8.78 Å². The van der Waals surface area contributed by atoms with Crippen molar-refractivity contribution >= 4 is 29.0 Å². The number of rotatable bonds is 6. The number of ether oxygens (including phenoxy) is 2. The predicted molar refractivity (Wildman–Crippen MR) is 136 cm³/mol. The van der Waals surface area contributed by atoms with E-state index in [2.05, 4.69) is 0 Å². The van der Waals surface area contributed by atoms with E-state index in [1.54, 1.807) is 13.8 Å². The van der Waals surface area contributed by atoms with E-state index in [1.807, 2.05) is 20.8 Å². The molecule has 36 heavy (non-hydrogen) atoms.